The van der Waals surface area contributed by atoms with Crippen LogP contribution in [0.15, 0.2) is 35.3 Å². The molecule has 2 aromatic heterocycles. The van der Waals surface area contributed by atoms with Gasteiger partial charge in [0.2, 0.25) is 5.91 Å². The lowest BCUT2D eigenvalue weighted by atomic mass is 9.94. The number of thioether (sulfide) groups is 1. The predicted molar refractivity (Wildman–Crippen MR) is 101 cm³/mol. The number of hydrogen-bond donors (Lipinski definition) is 2. The Bertz CT molecular complexity index is 769. The van der Waals surface area contributed by atoms with E-state index in [2.05, 4.69) is 20.3 Å². The average Bonchev–Trinajstić information content (AvgIpc) is 2.57. The molecule has 0 spiro atoms. The Hall–Kier alpha value is -2.15. The van der Waals surface area contributed by atoms with Gasteiger partial charge < -0.3 is 10.3 Å². The summed E-state index contributed by atoms with van der Waals surface area (Å²) in [6, 6.07) is 6.55. The smallest absolute Gasteiger partial charge is 0.251 e. The van der Waals surface area contributed by atoms with Gasteiger partial charge in [-0.05, 0) is 30.6 Å². The first kappa shape index (κ1) is 19.2. The lowest BCUT2D eigenvalue weighted by molar-refractivity contribution is -0.129. The van der Waals surface area contributed by atoms with Crippen molar-refractivity contribution in [1.29, 1.82) is 0 Å². The number of pyridine rings is 1. The molecule has 2 heterocycles. The van der Waals surface area contributed by atoms with Crippen molar-refractivity contribution in [3.05, 3.63) is 46.5 Å². The summed E-state index contributed by atoms with van der Waals surface area (Å²) in [6.45, 7) is 5.58. The maximum absolute atomic E-state index is 12.4. The molecule has 0 fully saturated rings. The fourth-order valence-electron chi connectivity index (χ4n) is 2.18. The van der Waals surface area contributed by atoms with Gasteiger partial charge >= 0.3 is 0 Å². The Morgan fingerprint density at radius 1 is 1.36 bits per heavy atom. The second-order valence-corrected chi connectivity index (χ2v) is 7.78. The third-order valence-electron chi connectivity index (χ3n) is 3.62. The van der Waals surface area contributed by atoms with Crippen LogP contribution in [-0.4, -0.2) is 32.9 Å². The molecule has 7 heteroatoms. The van der Waals surface area contributed by atoms with Gasteiger partial charge in [-0.1, -0.05) is 26.8 Å². The highest BCUT2D eigenvalue weighted by Gasteiger charge is 2.25. The van der Waals surface area contributed by atoms with Crippen molar-refractivity contribution in [2.75, 3.05) is 12.0 Å². The summed E-state index contributed by atoms with van der Waals surface area (Å²) >= 11 is 1.69. The number of carbonyl (C=O) groups excluding carboxylic acids is 1. The van der Waals surface area contributed by atoms with E-state index in [1.54, 1.807) is 30.1 Å². The highest BCUT2D eigenvalue weighted by Crippen LogP contribution is 2.21. The summed E-state index contributed by atoms with van der Waals surface area (Å²) in [6.07, 6.45) is 4.35. The molecule has 0 unspecified atom stereocenters. The Balaban J connectivity index is 2.38. The molecule has 134 valence electrons. The zero-order chi connectivity index (χ0) is 18.4. The summed E-state index contributed by atoms with van der Waals surface area (Å²) in [5.74, 6) is 1.19. The van der Waals surface area contributed by atoms with Gasteiger partial charge in [-0.3, -0.25) is 14.6 Å². The van der Waals surface area contributed by atoms with Gasteiger partial charge in [0.25, 0.3) is 5.56 Å². The number of aromatic amines is 1. The van der Waals surface area contributed by atoms with Crippen LogP contribution in [0.25, 0.3) is 11.5 Å². The van der Waals surface area contributed by atoms with E-state index in [-0.39, 0.29) is 17.5 Å². The fraction of sp³-hybridized carbons (Fsp3) is 0.444. The van der Waals surface area contributed by atoms with Crippen LogP contribution < -0.4 is 10.9 Å². The maximum atomic E-state index is 12.4. The summed E-state index contributed by atoms with van der Waals surface area (Å²) in [5.41, 5.74) is 0.371. The standard InChI is InChI=1S/C18H24N4O2S/c1-18(2,3)17(24)21-12(8-10-25-4)14-11-15(23)22-16(20-14)13-7-5-6-9-19-13/h5-7,9,11-12H,8,10H2,1-4H3,(H,21,24)(H,20,22,23)/t12-/m0/s1. The minimum absolute atomic E-state index is 0.0694. The van der Waals surface area contributed by atoms with E-state index < -0.39 is 5.41 Å². The summed E-state index contributed by atoms with van der Waals surface area (Å²) in [7, 11) is 0. The topological polar surface area (TPSA) is 87.7 Å². The van der Waals surface area contributed by atoms with Crippen LogP contribution in [0.1, 0.15) is 38.9 Å². The van der Waals surface area contributed by atoms with Gasteiger partial charge in [0.1, 0.15) is 5.69 Å². The van der Waals surface area contributed by atoms with Crippen molar-refractivity contribution < 1.29 is 4.79 Å². The quantitative estimate of drug-likeness (QED) is 0.827. The molecule has 0 radical (unpaired) electrons. The van der Waals surface area contributed by atoms with E-state index in [0.29, 0.717) is 23.6 Å². The van der Waals surface area contributed by atoms with E-state index >= 15 is 0 Å². The van der Waals surface area contributed by atoms with Crippen LogP contribution in [0.3, 0.4) is 0 Å². The SMILES string of the molecule is CSCC[C@H](NC(=O)C(C)(C)C)c1cc(=O)[nH]c(-c2ccccn2)n1. The lowest BCUT2D eigenvalue weighted by Gasteiger charge is -2.24. The van der Waals surface area contributed by atoms with Gasteiger partial charge in [0.15, 0.2) is 5.82 Å². The Labute approximate surface area is 151 Å². The van der Waals surface area contributed by atoms with E-state index in [0.717, 1.165) is 5.75 Å². The number of nitrogens with one attached hydrogen (secondary N) is 2. The first-order chi connectivity index (χ1) is 11.8. The Kier molecular flexibility index (Phi) is 6.36. The Morgan fingerprint density at radius 2 is 2.12 bits per heavy atom. The minimum atomic E-state index is -0.511. The minimum Gasteiger partial charge on any atom is -0.347 e. The third-order valence-corrected chi connectivity index (χ3v) is 4.27. The van der Waals surface area contributed by atoms with Crippen LogP contribution in [0.5, 0.6) is 0 Å². The molecule has 0 bridgehead atoms. The molecule has 1 atom stereocenters. The zero-order valence-corrected chi connectivity index (χ0v) is 15.8. The first-order valence-electron chi connectivity index (χ1n) is 8.14. The van der Waals surface area contributed by atoms with Crippen LogP contribution >= 0.6 is 11.8 Å². The number of carbonyl (C=O) groups is 1. The number of nitrogens with zero attached hydrogens (tertiary/aromatic N) is 2. The molecular formula is C18H24N4O2S. The molecule has 6 nitrogen and oxygen atoms in total. The molecule has 0 saturated heterocycles. The molecular weight excluding hydrogens is 336 g/mol. The number of aromatic nitrogens is 3. The van der Waals surface area contributed by atoms with E-state index in [1.807, 2.05) is 33.1 Å². The number of H-pyrrole nitrogens is 1. The van der Waals surface area contributed by atoms with E-state index in [9.17, 15) is 9.59 Å². The van der Waals surface area contributed by atoms with Crippen molar-refractivity contribution in [3.63, 3.8) is 0 Å². The van der Waals surface area contributed by atoms with Crippen LogP contribution in [0, 0.1) is 5.41 Å². The summed E-state index contributed by atoms with van der Waals surface area (Å²) in [4.78, 5) is 36.0. The second kappa shape index (κ2) is 8.29. The van der Waals surface area contributed by atoms with Crippen molar-refractivity contribution in [1.82, 2.24) is 20.3 Å². The molecule has 0 aliphatic rings. The van der Waals surface area contributed by atoms with Gasteiger partial charge in [-0.25, -0.2) is 4.98 Å². The molecule has 0 saturated carbocycles. The van der Waals surface area contributed by atoms with Crippen LogP contribution in [0.2, 0.25) is 0 Å². The number of hydrogen-bond acceptors (Lipinski definition) is 5. The van der Waals surface area contributed by atoms with E-state index in [4.69, 9.17) is 0 Å². The number of amides is 1. The highest BCUT2D eigenvalue weighted by atomic mass is 32.2. The predicted octanol–water partition coefficient (Wildman–Crippen LogP) is 2.79. The summed E-state index contributed by atoms with van der Waals surface area (Å²) in [5, 5.41) is 3.03. The zero-order valence-electron chi connectivity index (χ0n) is 15.0. The first-order valence-corrected chi connectivity index (χ1v) is 9.53. The average molecular weight is 360 g/mol. The molecule has 1 amide bonds. The Morgan fingerprint density at radius 3 is 2.72 bits per heavy atom. The largest absolute Gasteiger partial charge is 0.347 e. The normalized spacial score (nSPS) is 12.6. The number of rotatable bonds is 6. The van der Waals surface area contributed by atoms with Crippen LogP contribution in [-0.2, 0) is 4.79 Å². The molecule has 2 rings (SSSR count). The van der Waals surface area contributed by atoms with Gasteiger partial charge in [0.05, 0.1) is 11.7 Å². The molecule has 2 N–H and O–H groups in total. The summed E-state index contributed by atoms with van der Waals surface area (Å²) < 4.78 is 0. The molecule has 0 aliphatic carbocycles. The highest BCUT2D eigenvalue weighted by molar-refractivity contribution is 7.98. The second-order valence-electron chi connectivity index (χ2n) is 6.79. The molecule has 25 heavy (non-hydrogen) atoms. The van der Waals surface area contributed by atoms with E-state index in [1.165, 1.54) is 6.07 Å². The van der Waals surface area contributed by atoms with Crippen molar-refractivity contribution in [2.45, 2.75) is 33.2 Å². The lowest BCUT2D eigenvalue weighted by Crippen LogP contribution is -2.38. The molecule has 2 aromatic rings. The van der Waals surface area contributed by atoms with Gasteiger partial charge in [-0.15, -0.1) is 0 Å². The van der Waals surface area contributed by atoms with Crippen molar-refractivity contribution in [2.24, 2.45) is 5.41 Å². The maximum Gasteiger partial charge on any atom is 0.251 e. The van der Waals surface area contributed by atoms with Gasteiger partial charge in [0, 0.05) is 17.7 Å². The fourth-order valence-corrected chi connectivity index (χ4v) is 2.65. The van der Waals surface area contributed by atoms with Crippen molar-refractivity contribution >= 4 is 17.7 Å². The van der Waals surface area contributed by atoms with Crippen LogP contribution in [0.4, 0.5) is 0 Å². The van der Waals surface area contributed by atoms with Gasteiger partial charge in [-0.2, -0.15) is 11.8 Å². The monoisotopic (exact) mass is 360 g/mol. The molecule has 0 aliphatic heterocycles. The van der Waals surface area contributed by atoms with Crippen molar-refractivity contribution in [3.8, 4) is 11.5 Å². The molecule has 0 aromatic carbocycles. The third kappa shape index (κ3) is 5.42.